The topological polar surface area (TPSA) is 128 Å². The lowest BCUT2D eigenvalue weighted by atomic mass is 9.99. The molecule has 1 aliphatic heterocycles. The number of carbonyl (C=O) groups excluding carboxylic acids is 2. The van der Waals surface area contributed by atoms with Crippen LogP contribution in [0.25, 0.3) is 0 Å². The Kier molecular flexibility index (Phi) is 11.7. The number of sulfonamides is 1. The van der Waals surface area contributed by atoms with E-state index in [4.69, 9.17) is 4.74 Å². The molecular weight excluding hydrogens is 544 g/mol. The van der Waals surface area contributed by atoms with E-state index >= 15 is 0 Å². The first-order chi connectivity index (χ1) is 19.4. The summed E-state index contributed by atoms with van der Waals surface area (Å²) >= 11 is 0. The fourth-order valence-electron chi connectivity index (χ4n) is 4.85. The monoisotopic (exact) mass is 588 g/mol. The average molecular weight is 589 g/mol. The lowest BCUT2D eigenvalue weighted by Crippen LogP contribution is -2.60. The second-order valence-corrected chi connectivity index (χ2v) is 13.3. The molecule has 0 unspecified atom stereocenters. The van der Waals surface area contributed by atoms with Crippen molar-refractivity contribution in [3.63, 3.8) is 0 Å². The molecule has 2 aromatic rings. The van der Waals surface area contributed by atoms with Crippen molar-refractivity contribution in [2.75, 3.05) is 33.3 Å². The van der Waals surface area contributed by atoms with Gasteiger partial charge in [-0.15, -0.1) is 0 Å². The molecule has 0 saturated carbocycles. The van der Waals surface area contributed by atoms with E-state index in [9.17, 15) is 23.1 Å². The number of likely N-dealkylation sites (N-methyl/N-ethyl adjacent to an activating group) is 1. The van der Waals surface area contributed by atoms with Crippen LogP contribution < -0.4 is 15.5 Å². The number of carbonyl (C=O) groups is 2. The molecule has 0 radical (unpaired) electrons. The maximum atomic E-state index is 13.9. The Balaban J connectivity index is 1.99. The van der Waals surface area contributed by atoms with Crippen molar-refractivity contribution in [2.45, 2.75) is 64.0 Å². The molecule has 1 aliphatic rings. The molecule has 2 atom stereocenters. The van der Waals surface area contributed by atoms with Gasteiger partial charge in [-0.25, -0.2) is 13.4 Å². The van der Waals surface area contributed by atoms with Crippen molar-refractivity contribution in [1.29, 1.82) is 0 Å². The lowest BCUT2D eigenvalue weighted by molar-refractivity contribution is -0.148. The van der Waals surface area contributed by atoms with Gasteiger partial charge in [-0.3, -0.25) is 15.0 Å². The van der Waals surface area contributed by atoms with Crippen LogP contribution in [-0.2, 0) is 32.5 Å². The summed E-state index contributed by atoms with van der Waals surface area (Å²) in [6.45, 7) is 7.98. The van der Waals surface area contributed by atoms with Crippen molar-refractivity contribution in [1.82, 2.24) is 20.1 Å². The fraction of sp³-hybridized carbons (Fsp3) is 0.533. The zero-order chi connectivity index (χ0) is 30.2. The van der Waals surface area contributed by atoms with E-state index in [0.29, 0.717) is 18.8 Å². The summed E-state index contributed by atoms with van der Waals surface area (Å²) < 4.78 is 34.6. The molecule has 2 aromatic carbocycles. The van der Waals surface area contributed by atoms with E-state index in [1.54, 1.807) is 19.2 Å². The highest BCUT2D eigenvalue weighted by atomic mass is 32.2. The number of ether oxygens (including phenoxy) is 1. The minimum absolute atomic E-state index is 0.00215. The van der Waals surface area contributed by atoms with Crippen LogP contribution in [0, 0.1) is 11.8 Å². The Morgan fingerprint density at radius 2 is 1.73 bits per heavy atom. The van der Waals surface area contributed by atoms with Gasteiger partial charge in [-0.1, -0.05) is 58.0 Å². The Labute approximate surface area is 244 Å². The first-order valence-corrected chi connectivity index (χ1v) is 15.6. The van der Waals surface area contributed by atoms with Gasteiger partial charge in [0.25, 0.3) is 5.91 Å². The predicted molar refractivity (Wildman–Crippen MR) is 158 cm³/mol. The molecule has 41 heavy (non-hydrogen) atoms. The SMILES string of the molecule is CNCC(=O)NN(C(=O)CC(C)C)[C@@H](Cc1ccccc1)[C@H](O)CN(CC(C)C)S(=O)(=O)c1ccc2c(c1)CCO2. The van der Waals surface area contributed by atoms with Gasteiger partial charge in [0.2, 0.25) is 15.9 Å². The first kappa shape index (κ1) is 32.5. The first-order valence-electron chi connectivity index (χ1n) is 14.2. The number of fused-ring (bicyclic) bond motifs is 1. The van der Waals surface area contributed by atoms with Crippen molar-refractivity contribution < 1.29 is 27.9 Å². The number of aliphatic hydroxyl groups is 1. The molecule has 11 heteroatoms. The summed E-state index contributed by atoms with van der Waals surface area (Å²) in [7, 11) is -2.38. The highest BCUT2D eigenvalue weighted by Gasteiger charge is 2.36. The smallest absolute Gasteiger partial charge is 0.252 e. The minimum atomic E-state index is -4.00. The van der Waals surface area contributed by atoms with Gasteiger partial charge in [0.05, 0.1) is 30.2 Å². The second kappa shape index (κ2) is 14.8. The molecule has 0 bridgehead atoms. The molecule has 1 heterocycles. The number of nitrogens with one attached hydrogen (secondary N) is 2. The van der Waals surface area contributed by atoms with Gasteiger partial charge in [0.1, 0.15) is 5.75 Å². The zero-order valence-electron chi connectivity index (χ0n) is 24.7. The van der Waals surface area contributed by atoms with Gasteiger partial charge in [-0.05, 0) is 54.6 Å². The summed E-state index contributed by atoms with van der Waals surface area (Å²) in [5, 5.41) is 15.7. The molecule has 3 N–H and O–H groups in total. The summed E-state index contributed by atoms with van der Waals surface area (Å²) in [4.78, 5) is 26.2. The fourth-order valence-corrected chi connectivity index (χ4v) is 6.52. The molecule has 0 spiro atoms. The van der Waals surface area contributed by atoms with Crippen LogP contribution in [0.4, 0.5) is 0 Å². The largest absolute Gasteiger partial charge is 0.493 e. The standard InChI is InChI=1S/C30H44N4O6S/c1-21(2)15-30(37)34(32-29(36)18-31-5)26(16-23-9-7-6-8-10-23)27(35)20-33(19-22(3)4)41(38,39)25-11-12-28-24(17-25)13-14-40-28/h6-12,17,21-22,26-27,31,35H,13-16,18-20H2,1-5H3,(H,32,36)/t26-,27+/m0/s1. The number of aliphatic hydroxyl groups excluding tert-OH is 1. The number of rotatable bonds is 14. The lowest BCUT2D eigenvalue weighted by Gasteiger charge is -2.37. The number of amides is 2. The third-order valence-corrected chi connectivity index (χ3v) is 8.58. The number of benzene rings is 2. The summed E-state index contributed by atoms with van der Waals surface area (Å²) in [5.41, 5.74) is 4.34. The van der Waals surface area contributed by atoms with Gasteiger partial charge in [-0.2, -0.15) is 4.31 Å². The van der Waals surface area contributed by atoms with Gasteiger partial charge in [0, 0.05) is 25.9 Å². The molecule has 0 aromatic heterocycles. The maximum absolute atomic E-state index is 13.9. The predicted octanol–water partition coefficient (Wildman–Crippen LogP) is 2.37. The van der Waals surface area contributed by atoms with Crippen molar-refractivity contribution in [3.05, 3.63) is 59.7 Å². The zero-order valence-corrected chi connectivity index (χ0v) is 25.5. The Morgan fingerprint density at radius 1 is 1.02 bits per heavy atom. The van der Waals surface area contributed by atoms with Crippen LogP contribution in [0.3, 0.4) is 0 Å². The highest BCUT2D eigenvalue weighted by molar-refractivity contribution is 7.89. The van der Waals surface area contributed by atoms with E-state index in [1.165, 1.54) is 15.4 Å². The average Bonchev–Trinajstić information content (AvgIpc) is 3.38. The van der Waals surface area contributed by atoms with Gasteiger partial charge >= 0.3 is 0 Å². The van der Waals surface area contributed by atoms with Crippen LogP contribution in [0.2, 0.25) is 0 Å². The van der Waals surface area contributed by atoms with E-state index in [0.717, 1.165) is 11.1 Å². The van der Waals surface area contributed by atoms with Crippen LogP contribution in [0.5, 0.6) is 5.75 Å². The minimum Gasteiger partial charge on any atom is -0.493 e. The molecule has 3 rings (SSSR count). The molecule has 0 aliphatic carbocycles. The number of hydrogen-bond donors (Lipinski definition) is 3. The van der Waals surface area contributed by atoms with Gasteiger partial charge in [0.15, 0.2) is 0 Å². The molecule has 226 valence electrons. The summed E-state index contributed by atoms with van der Waals surface area (Å²) in [6, 6.07) is 13.2. The van der Waals surface area contributed by atoms with Crippen molar-refractivity contribution in [2.24, 2.45) is 11.8 Å². The molecular formula is C30H44N4O6S. The summed E-state index contributed by atoms with van der Waals surface area (Å²) in [5.74, 6) is -0.152. The quantitative estimate of drug-likeness (QED) is 0.289. The van der Waals surface area contributed by atoms with Crippen LogP contribution >= 0.6 is 0 Å². The van der Waals surface area contributed by atoms with E-state index in [1.807, 2.05) is 58.0 Å². The Hall–Kier alpha value is -2.99. The van der Waals surface area contributed by atoms with E-state index in [-0.39, 0.29) is 55.1 Å². The highest BCUT2D eigenvalue weighted by Crippen LogP contribution is 2.29. The summed E-state index contributed by atoms with van der Waals surface area (Å²) in [6.07, 6.45) is -0.336. The van der Waals surface area contributed by atoms with Crippen LogP contribution in [-0.4, -0.2) is 80.1 Å². The van der Waals surface area contributed by atoms with E-state index < -0.39 is 28.1 Å². The molecule has 0 fully saturated rings. The Morgan fingerprint density at radius 3 is 2.37 bits per heavy atom. The third kappa shape index (κ3) is 9.00. The molecule has 0 saturated heterocycles. The maximum Gasteiger partial charge on any atom is 0.252 e. The number of hydrogen-bond acceptors (Lipinski definition) is 7. The van der Waals surface area contributed by atoms with Crippen LogP contribution in [0.1, 0.15) is 45.2 Å². The van der Waals surface area contributed by atoms with Crippen molar-refractivity contribution in [3.8, 4) is 5.75 Å². The normalized spacial score (nSPS) is 14.6. The van der Waals surface area contributed by atoms with E-state index in [2.05, 4.69) is 10.7 Å². The number of hydrazine groups is 1. The van der Waals surface area contributed by atoms with Crippen LogP contribution in [0.15, 0.2) is 53.4 Å². The third-order valence-electron chi connectivity index (χ3n) is 6.76. The molecule has 2 amide bonds. The molecule has 10 nitrogen and oxygen atoms in total. The Bertz CT molecular complexity index is 1270. The number of nitrogens with zero attached hydrogens (tertiary/aromatic N) is 2. The van der Waals surface area contributed by atoms with Crippen molar-refractivity contribution >= 4 is 21.8 Å². The van der Waals surface area contributed by atoms with Gasteiger partial charge < -0.3 is 15.2 Å². The second-order valence-electron chi connectivity index (χ2n) is 11.3.